The zero-order valence-corrected chi connectivity index (χ0v) is 18.5. The molecule has 0 unspecified atom stereocenters. The van der Waals surface area contributed by atoms with Gasteiger partial charge >= 0.3 is 0 Å². The van der Waals surface area contributed by atoms with Crippen LogP contribution in [0.25, 0.3) is 0 Å². The second kappa shape index (κ2) is 10.1. The van der Waals surface area contributed by atoms with Gasteiger partial charge < -0.3 is 14.8 Å². The van der Waals surface area contributed by atoms with Gasteiger partial charge in [0, 0.05) is 30.0 Å². The third-order valence-corrected chi connectivity index (χ3v) is 4.98. The van der Waals surface area contributed by atoms with E-state index in [1.807, 2.05) is 63.2 Å². The number of hydrazone groups is 1. The molecule has 1 aliphatic heterocycles. The summed E-state index contributed by atoms with van der Waals surface area (Å²) >= 11 is 0. The standard InChI is InChI=1S/C24H29N3O4/c1-5-31-22-14-18(8-12-21(22)30-4)20-11-13-23(28)27(26-20)15-17-6-9-19(10-7-17)25-24(29)16(2)3/h6-10,12,14,16H,5,11,13,15H2,1-4H3,(H,25,29). The number of methoxy groups -OCH3 is 1. The molecule has 31 heavy (non-hydrogen) atoms. The second-order valence-corrected chi connectivity index (χ2v) is 7.64. The summed E-state index contributed by atoms with van der Waals surface area (Å²) in [5.74, 6) is 1.20. The van der Waals surface area contributed by atoms with Crippen LogP contribution in [-0.2, 0) is 16.1 Å². The van der Waals surface area contributed by atoms with E-state index in [1.165, 1.54) is 5.01 Å². The van der Waals surface area contributed by atoms with Gasteiger partial charge in [-0.3, -0.25) is 9.59 Å². The van der Waals surface area contributed by atoms with Gasteiger partial charge in [0.15, 0.2) is 11.5 Å². The number of hydrogen-bond acceptors (Lipinski definition) is 5. The van der Waals surface area contributed by atoms with Crippen LogP contribution in [0.2, 0.25) is 0 Å². The summed E-state index contributed by atoms with van der Waals surface area (Å²) in [5, 5.41) is 8.98. The average Bonchev–Trinajstić information content (AvgIpc) is 2.76. The highest BCUT2D eigenvalue weighted by Crippen LogP contribution is 2.30. The van der Waals surface area contributed by atoms with Gasteiger partial charge in [-0.15, -0.1) is 0 Å². The molecule has 0 radical (unpaired) electrons. The minimum absolute atomic E-state index is 0.0144. The molecule has 2 amide bonds. The number of amides is 2. The molecule has 7 heteroatoms. The molecule has 3 rings (SSSR count). The van der Waals surface area contributed by atoms with E-state index in [4.69, 9.17) is 9.47 Å². The van der Waals surface area contributed by atoms with Crippen LogP contribution >= 0.6 is 0 Å². The van der Waals surface area contributed by atoms with Crippen LogP contribution in [0.15, 0.2) is 47.6 Å². The maximum atomic E-state index is 12.4. The fourth-order valence-corrected chi connectivity index (χ4v) is 3.21. The Morgan fingerprint density at radius 1 is 1.13 bits per heavy atom. The number of carbonyl (C=O) groups excluding carboxylic acids is 2. The van der Waals surface area contributed by atoms with E-state index in [9.17, 15) is 9.59 Å². The molecule has 2 aromatic carbocycles. The van der Waals surface area contributed by atoms with Gasteiger partial charge in [-0.05, 0) is 42.8 Å². The van der Waals surface area contributed by atoms with Gasteiger partial charge in [0.2, 0.25) is 11.8 Å². The van der Waals surface area contributed by atoms with Crippen molar-refractivity contribution in [1.82, 2.24) is 5.01 Å². The Labute approximate surface area is 183 Å². The topological polar surface area (TPSA) is 80.2 Å². The van der Waals surface area contributed by atoms with Gasteiger partial charge in [0.05, 0.1) is 26.0 Å². The monoisotopic (exact) mass is 423 g/mol. The van der Waals surface area contributed by atoms with Crippen molar-refractivity contribution in [1.29, 1.82) is 0 Å². The molecular weight excluding hydrogens is 394 g/mol. The lowest BCUT2D eigenvalue weighted by Gasteiger charge is -2.24. The van der Waals surface area contributed by atoms with Gasteiger partial charge in [-0.2, -0.15) is 5.10 Å². The smallest absolute Gasteiger partial charge is 0.243 e. The number of anilines is 1. The zero-order chi connectivity index (χ0) is 22.4. The first-order valence-corrected chi connectivity index (χ1v) is 10.5. The average molecular weight is 424 g/mol. The number of nitrogens with one attached hydrogen (secondary N) is 1. The quantitative estimate of drug-likeness (QED) is 0.690. The third kappa shape index (κ3) is 5.63. The van der Waals surface area contributed by atoms with Crippen molar-refractivity contribution in [3.8, 4) is 11.5 Å². The predicted molar refractivity (Wildman–Crippen MR) is 120 cm³/mol. The van der Waals surface area contributed by atoms with E-state index in [-0.39, 0.29) is 17.7 Å². The van der Waals surface area contributed by atoms with Gasteiger partial charge in [-0.1, -0.05) is 26.0 Å². The van der Waals surface area contributed by atoms with Gasteiger partial charge in [0.1, 0.15) is 0 Å². The number of carbonyl (C=O) groups is 2. The number of benzene rings is 2. The molecule has 0 bridgehead atoms. The molecule has 0 spiro atoms. The van der Waals surface area contributed by atoms with E-state index in [0.29, 0.717) is 37.5 Å². The summed E-state index contributed by atoms with van der Waals surface area (Å²) in [6.45, 7) is 6.52. The lowest BCUT2D eigenvalue weighted by molar-refractivity contribution is -0.132. The van der Waals surface area contributed by atoms with Crippen LogP contribution in [-0.4, -0.2) is 36.3 Å². The van der Waals surface area contributed by atoms with Gasteiger partial charge in [0.25, 0.3) is 0 Å². The van der Waals surface area contributed by atoms with Crippen LogP contribution in [0.1, 0.15) is 44.7 Å². The third-order valence-electron chi connectivity index (χ3n) is 4.98. The zero-order valence-electron chi connectivity index (χ0n) is 18.5. The Bertz CT molecular complexity index is 967. The largest absolute Gasteiger partial charge is 0.493 e. The molecule has 2 aromatic rings. The van der Waals surface area contributed by atoms with Crippen LogP contribution in [0.5, 0.6) is 11.5 Å². The first kappa shape index (κ1) is 22.3. The van der Waals surface area contributed by atoms with E-state index >= 15 is 0 Å². The van der Waals surface area contributed by atoms with Crippen molar-refractivity contribution < 1.29 is 19.1 Å². The van der Waals surface area contributed by atoms with E-state index < -0.39 is 0 Å². The molecule has 0 saturated heterocycles. The highest BCUT2D eigenvalue weighted by atomic mass is 16.5. The molecule has 1 N–H and O–H groups in total. The Morgan fingerprint density at radius 2 is 1.87 bits per heavy atom. The second-order valence-electron chi connectivity index (χ2n) is 7.64. The lowest BCUT2D eigenvalue weighted by Crippen LogP contribution is -2.31. The molecule has 0 atom stereocenters. The first-order chi connectivity index (χ1) is 14.9. The summed E-state index contributed by atoms with van der Waals surface area (Å²) in [6, 6.07) is 13.2. The number of rotatable bonds is 8. The lowest BCUT2D eigenvalue weighted by atomic mass is 10.0. The predicted octanol–water partition coefficient (Wildman–Crippen LogP) is 4.22. The molecule has 0 aliphatic carbocycles. The van der Waals surface area contributed by atoms with E-state index in [2.05, 4.69) is 10.4 Å². The normalized spacial score (nSPS) is 13.8. The maximum Gasteiger partial charge on any atom is 0.243 e. The van der Waals surface area contributed by atoms with Crippen LogP contribution < -0.4 is 14.8 Å². The maximum absolute atomic E-state index is 12.4. The molecular formula is C24H29N3O4. The molecule has 1 aliphatic rings. The van der Waals surface area contributed by atoms with Crippen molar-refractivity contribution in [2.75, 3.05) is 19.0 Å². The summed E-state index contributed by atoms with van der Waals surface area (Å²) in [7, 11) is 1.61. The number of nitrogens with zero attached hydrogens (tertiary/aromatic N) is 2. The van der Waals surface area contributed by atoms with Crippen LogP contribution in [0.3, 0.4) is 0 Å². The Balaban J connectivity index is 1.76. The molecule has 164 valence electrons. The van der Waals surface area contributed by atoms with Crippen molar-refractivity contribution in [3.05, 3.63) is 53.6 Å². The fraction of sp³-hybridized carbons (Fsp3) is 0.375. The minimum Gasteiger partial charge on any atom is -0.493 e. The Hall–Kier alpha value is -3.35. The molecule has 1 heterocycles. The highest BCUT2D eigenvalue weighted by Gasteiger charge is 2.22. The molecule has 0 fully saturated rings. The summed E-state index contributed by atoms with van der Waals surface area (Å²) in [4.78, 5) is 24.3. The van der Waals surface area contributed by atoms with Crippen molar-refractivity contribution in [2.24, 2.45) is 11.0 Å². The minimum atomic E-state index is -0.0837. The van der Waals surface area contributed by atoms with E-state index in [1.54, 1.807) is 7.11 Å². The SMILES string of the molecule is CCOc1cc(C2=NN(Cc3ccc(NC(=O)C(C)C)cc3)C(=O)CC2)ccc1OC. The summed E-state index contributed by atoms with van der Waals surface area (Å²) < 4.78 is 11.0. The number of hydrogen-bond donors (Lipinski definition) is 1. The Kier molecular flexibility index (Phi) is 7.28. The molecule has 0 aromatic heterocycles. The molecule has 7 nitrogen and oxygen atoms in total. The van der Waals surface area contributed by atoms with Crippen molar-refractivity contribution in [2.45, 2.75) is 40.2 Å². The van der Waals surface area contributed by atoms with Gasteiger partial charge in [-0.25, -0.2) is 5.01 Å². The van der Waals surface area contributed by atoms with Crippen LogP contribution in [0, 0.1) is 5.92 Å². The highest BCUT2D eigenvalue weighted by molar-refractivity contribution is 6.04. The van der Waals surface area contributed by atoms with Crippen molar-refractivity contribution >= 4 is 23.2 Å². The van der Waals surface area contributed by atoms with Crippen LogP contribution in [0.4, 0.5) is 5.69 Å². The Morgan fingerprint density at radius 3 is 2.52 bits per heavy atom. The number of ether oxygens (including phenoxy) is 2. The first-order valence-electron chi connectivity index (χ1n) is 10.5. The fourth-order valence-electron chi connectivity index (χ4n) is 3.21. The summed E-state index contributed by atoms with van der Waals surface area (Å²) in [6.07, 6.45) is 0.977. The summed E-state index contributed by atoms with van der Waals surface area (Å²) in [5.41, 5.74) is 3.42. The van der Waals surface area contributed by atoms with Crippen molar-refractivity contribution in [3.63, 3.8) is 0 Å². The van der Waals surface area contributed by atoms with E-state index in [0.717, 1.165) is 22.5 Å². The molecule has 0 saturated carbocycles.